The third-order valence-electron chi connectivity index (χ3n) is 3.02. The van der Waals surface area contributed by atoms with Gasteiger partial charge in [0, 0.05) is 13.1 Å². The molecule has 0 unspecified atom stereocenters. The number of hydrogen-bond acceptors (Lipinski definition) is 3. The number of ether oxygens (including phenoxy) is 2. The van der Waals surface area contributed by atoms with Crippen LogP contribution in [0.25, 0.3) is 0 Å². The van der Waals surface area contributed by atoms with E-state index in [0.29, 0.717) is 13.3 Å². The van der Waals surface area contributed by atoms with Crippen LogP contribution in [-0.4, -0.2) is 25.8 Å². The molecule has 21 heavy (non-hydrogen) atoms. The van der Waals surface area contributed by atoms with Crippen molar-refractivity contribution in [2.24, 2.45) is 4.99 Å². The van der Waals surface area contributed by atoms with Gasteiger partial charge in [0.25, 0.3) is 0 Å². The number of aliphatic imine (C=N–C) groups is 1. The Balaban J connectivity index is 0.00000220. The fourth-order valence-electron chi connectivity index (χ4n) is 1.93. The molecule has 2 rings (SSSR count). The number of nitrogens with one attached hydrogen (secondary N) is 2. The van der Waals surface area contributed by atoms with E-state index in [2.05, 4.69) is 29.5 Å². The first kappa shape index (κ1) is 17.9. The highest BCUT2D eigenvalue weighted by Gasteiger charge is 2.12. The van der Waals surface area contributed by atoms with Gasteiger partial charge in [-0.2, -0.15) is 0 Å². The van der Waals surface area contributed by atoms with Gasteiger partial charge in [-0.05, 0) is 31.0 Å². The average molecular weight is 405 g/mol. The lowest BCUT2D eigenvalue weighted by Gasteiger charge is -2.10. The van der Waals surface area contributed by atoms with Crippen LogP contribution in [-0.2, 0) is 6.54 Å². The topological polar surface area (TPSA) is 54.9 Å². The summed E-state index contributed by atoms with van der Waals surface area (Å²) in [6.07, 6.45) is 2.32. The molecule has 6 heteroatoms. The summed E-state index contributed by atoms with van der Waals surface area (Å²) in [5.74, 6) is 2.48. The Morgan fingerprint density at radius 1 is 1.19 bits per heavy atom. The number of hydrogen-bond donors (Lipinski definition) is 2. The van der Waals surface area contributed by atoms with Crippen molar-refractivity contribution < 1.29 is 9.47 Å². The van der Waals surface area contributed by atoms with Crippen LogP contribution >= 0.6 is 24.0 Å². The predicted octanol–water partition coefficient (Wildman–Crippen LogP) is 2.89. The van der Waals surface area contributed by atoms with Gasteiger partial charge in [-0.3, -0.25) is 0 Å². The molecule has 0 aromatic heterocycles. The molecule has 0 fully saturated rings. The monoisotopic (exact) mass is 405 g/mol. The molecular weight excluding hydrogens is 381 g/mol. The first-order chi connectivity index (χ1) is 9.83. The first-order valence-corrected chi connectivity index (χ1v) is 7.24. The fourth-order valence-corrected chi connectivity index (χ4v) is 1.93. The minimum Gasteiger partial charge on any atom is -0.454 e. The minimum absolute atomic E-state index is 0. The number of unbranched alkanes of at least 4 members (excludes halogenated alkanes) is 1. The van der Waals surface area contributed by atoms with Crippen molar-refractivity contribution in [3.05, 3.63) is 23.8 Å². The molecule has 1 aromatic rings. The second kappa shape index (κ2) is 9.70. The molecule has 0 aliphatic carbocycles. The van der Waals surface area contributed by atoms with Crippen molar-refractivity contribution in [2.75, 3.05) is 19.9 Å². The maximum Gasteiger partial charge on any atom is 0.231 e. The molecule has 0 spiro atoms. The second-order valence-electron chi connectivity index (χ2n) is 4.66. The van der Waals surface area contributed by atoms with E-state index in [1.54, 1.807) is 0 Å². The van der Waals surface area contributed by atoms with Gasteiger partial charge in [-0.25, -0.2) is 4.99 Å². The molecule has 5 nitrogen and oxygen atoms in total. The van der Waals surface area contributed by atoms with Gasteiger partial charge in [-0.15, -0.1) is 24.0 Å². The third kappa shape index (κ3) is 5.61. The number of guanidine groups is 1. The summed E-state index contributed by atoms with van der Waals surface area (Å²) >= 11 is 0. The lowest BCUT2D eigenvalue weighted by atomic mass is 10.2. The van der Waals surface area contributed by atoms with Crippen LogP contribution in [0.4, 0.5) is 0 Å². The molecule has 0 radical (unpaired) electrons. The van der Waals surface area contributed by atoms with Crippen LogP contribution in [0.15, 0.2) is 23.2 Å². The molecule has 1 heterocycles. The zero-order chi connectivity index (χ0) is 14.2. The number of benzene rings is 1. The summed E-state index contributed by atoms with van der Waals surface area (Å²) in [7, 11) is 0. The predicted molar refractivity (Wildman–Crippen MR) is 95.7 cm³/mol. The summed E-state index contributed by atoms with van der Waals surface area (Å²) in [6, 6.07) is 5.94. The van der Waals surface area contributed by atoms with Crippen LogP contribution in [0.2, 0.25) is 0 Å². The lowest BCUT2D eigenvalue weighted by molar-refractivity contribution is 0.174. The van der Waals surface area contributed by atoms with E-state index in [1.165, 1.54) is 6.42 Å². The Morgan fingerprint density at radius 3 is 2.76 bits per heavy atom. The van der Waals surface area contributed by atoms with Crippen molar-refractivity contribution in [3.63, 3.8) is 0 Å². The summed E-state index contributed by atoms with van der Waals surface area (Å²) in [4.78, 5) is 4.58. The standard InChI is InChI=1S/C15H23N3O2.HI/c1-3-5-8-17-15(16-4-2)18-10-12-6-7-13-14(9-12)20-11-19-13;/h6-7,9H,3-5,8,10-11H2,1-2H3,(H2,16,17,18);1H. The molecule has 0 saturated heterocycles. The van der Waals surface area contributed by atoms with Crippen LogP contribution in [0.5, 0.6) is 11.5 Å². The van der Waals surface area contributed by atoms with E-state index in [1.807, 2.05) is 18.2 Å². The Kier molecular flexibility index (Phi) is 8.26. The summed E-state index contributed by atoms with van der Waals surface area (Å²) in [5, 5.41) is 6.57. The van der Waals surface area contributed by atoms with Crippen molar-refractivity contribution in [1.82, 2.24) is 10.6 Å². The van der Waals surface area contributed by atoms with Crippen LogP contribution in [0.3, 0.4) is 0 Å². The van der Waals surface area contributed by atoms with E-state index >= 15 is 0 Å². The Bertz CT molecular complexity index is 466. The molecule has 0 atom stereocenters. The van der Waals surface area contributed by atoms with E-state index < -0.39 is 0 Å². The highest BCUT2D eigenvalue weighted by molar-refractivity contribution is 14.0. The van der Waals surface area contributed by atoms with Crippen molar-refractivity contribution >= 4 is 29.9 Å². The number of rotatable bonds is 6. The maximum atomic E-state index is 5.37. The highest BCUT2D eigenvalue weighted by Crippen LogP contribution is 2.32. The average Bonchev–Trinajstić information content (AvgIpc) is 2.92. The molecular formula is C15H24IN3O2. The number of nitrogens with zero attached hydrogens (tertiary/aromatic N) is 1. The minimum atomic E-state index is 0. The van der Waals surface area contributed by atoms with Crippen molar-refractivity contribution in [1.29, 1.82) is 0 Å². The SMILES string of the molecule is CCCCNC(=NCc1ccc2c(c1)OCO2)NCC.I. The smallest absolute Gasteiger partial charge is 0.231 e. The van der Waals surface area contributed by atoms with Gasteiger partial charge in [-0.1, -0.05) is 19.4 Å². The molecule has 118 valence electrons. The second-order valence-corrected chi connectivity index (χ2v) is 4.66. The third-order valence-corrected chi connectivity index (χ3v) is 3.02. The molecule has 0 saturated carbocycles. The molecule has 0 amide bonds. The van der Waals surface area contributed by atoms with E-state index in [9.17, 15) is 0 Å². The van der Waals surface area contributed by atoms with Gasteiger partial charge in [0.2, 0.25) is 6.79 Å². The zero-order valence-electron chi connectivity index (χ0n) is 12.6. The summed E-state index contributed by atoms with van der Waals surface area (Å²) < 4.78 is 10.7. The summed E-state index contributed by atoms with van der Waals surface area (Å²) in [6.45, 7) is 6.99. The zero-order valence-corrected chi connectivity index (χ0v) is 15.0. The molecule has 2 N–H and O–H groups in total. The van der Waals surface area contributed by atoms with Crippen molar-refractivity contribution in [3.8, 4) is 11.5 Å². The number of halogens is 1. The van der Waals surface area contributed by atoms with Gasteiger partial charge >= 0.3 is 0 Å². The highest BCUT2D eigenvalue weighted by atomic mass is 127. The quantitative estimate of drug-likeness (QED) is 0.331. The largest absolute Gasteiger partial charge is 0.454 e. The van der Waals surface area contributed by atoms with Gasteiger partial charge in [0.05, 0.1) is 6.54 Å². The van der Waals surface area contributed by atoms with Gasteiger partial charge < -0.3 is 20.1 Å². The molecule has 1 aliphatic heterocycles. The van der Waals surface area contributed by atoms with E-state index in [0.717, 1.165) is 42.5 Å². The Labute approximate surface area is 143 Å². The van der Waals surface area contributed by atoms with Crippen LogP contribution in [0, 0.1) is 0 Å². The van der Waals surface area contributed by atoms with Crippen LogP contribution < -0.4 is 20.1 Å². The van der Waals surface area contributed by atoms with Crippen molar-refractivity contribution in [2.45, 2.75) is 33.2 Å². The fraction of sp³-hybridized carbons (Fsp3) is 0.533. The first-order valence-electron chi connectivity index (χ1n) is 7.24. The van der Waals surface area contributed by atoms with Gasteiger partial charge in [0.1, 0.15) is 0 Å². The van der Waals surface area contributed by atoms with Gasteiger partial charge in [0.15, 0.2) is 17.5 Å². The number of fused-ring (bicyclic) bond motifs is 1. The Morgan fingerprint density at radius 2 is 2.00 bits per heavy atom. The lowest BCUT2D eigenvalue weighted by Crippen LogP contribution is -2.37. The summed E-state index contributed by atoms with van der Waals surface area (Å²) in [5.41, 5.74) is 1.11. The maximum absolute atomic E-state index is 5.37. The molecule has 1 aromatic carbocycles. The van der Waals surface area contributed by atoms with E-state index in [4.69, 9.17) is 9.47 Å². The molecule has 1 aliphatic rings. The van der Waals surface area contributed by atoms with Crippen LogP contribution in [0.1, 0.15) is 32.3 Å². The normalized spacial score (nSPS) is 12.8. The molecule has 0 bridgehead atoms. The van der Waals surface area contributed by atoms with E-state index in [-0.39, 0.29) is 24.0 Å². The Hall–Kier alpha value is -1.18.